The molecule has 0 aliphatic heterocycles. The number of ketones is 2. The lowest BCUT2D eigenvalue weighted by Gasteiger charge is -2.15. The van der Waals surface area contributed by atoms with Crippen molar-refractivity contribution in [2.75, 3.05) is 0 Å². The first kappa shape index (κ1) is 12.8. The largest absolute Gasteiger partial charge is 0.297 e. The number of halogens is 1. The van der Waals surface area contributed by atoms with Crippen LogP contribution in [0.4, 0.5) is 0 Å². The third-order valence-corrected chi connectivity index (χ3v) is 2.75. The minimum absolute atomic E-state index is 0.341. The fourth-order valence-electron chi connectivity index (χ4n) is 1.57. The van der Waals surface area contributed by atoms with Crippen LogP contribution in [0.5, 0.6) is 0 Å². The summed E-state index contributed by atoms with van der Waals surface area (Å²) in [6.45, 7) is 4.39. The molecule has 5 heteroatoms. The lowest BCUT2D eigenvalue weighted by Crippen LogP contribution is -2.33. The Kier molecular flexibility index (Phi) is 3.80. The molecule has 0 radical (unpaired) electrons. The SMILES string of the molecule is CC(=O)C(C(C)=O)n1cc(C)cc(Br)c1=O. The molecule has 1 aromatic rings. The topological polar surface area (TPSA) is 56.1 Å². The molecule has 0 aromatic carbocycles. The van der Waals surface area contributed by atoms with Crippen LogP contribution >= 0.6 is 15.9 Å². The minimum Gasteiger partial charge on any atom is -0.297 e. The van der Waals surface area contributed by atoms with Gasteiger partial charge in [-0.05, 0) is 48.3 Å². The number of nitrogens with zero attached hydrogens (tertiary/aromatic N) is 1. The van der Waals surface area contributed by atoms with Gasteiger partial charge in [0.1, 0.15) is 0 Å². The summed E-state index contributed by atoms with van der Waals surface area (Å²) < 4.78 is 1.52. The molecule has 0 N–H and O–H groups in total. The number of hydrogen-bond donors (Lipinski definition) is 0. The van der Waals surface area contributed by atoms with Crippen molar-refractivity contribution < 1.29 is 9.59 Å². The molecule has 0 amide bonds. The standard InChI is InChI=1S/C11H12BrNO3/c1-6-4-9(12)11(16)13(5-6)10(7(2)14)8(3)15/h4-5,10H,1-3H3. The third kappa shape index (κ3) is 2.47. The van der Waals surface area contributed by atoms with Crippen molar-refractivity contribution >= 4 is 27.5 Å². The second-order valence-electron chi connectivity index (χ2n) is 3.70. The van der Waals surface area contributed by atoms with Crippen molar-refractivity contribution in [3.05, 3.63) is 32.7 Å². The van der Waals surface area contributed by atoms with Crippen LogP contribution in [0.25, 0.3) is 0 Å². The number of aromatic nitrogens is 1. The van der Waals surface area contributed by atoms with Gasteiger partial charge in [-0.2, -0.15) is 0 Å². The normalized spacial score (nSPS) is 10.6. The average molecular weight is 286 g/mol. The van der Waals surface area contributed by atoms with Gasteiger partial charge in [0.2, 0.25) is 0 Å². The molecule has 0 saturated carbocycles. The molecule has 16 heavy (non-hydrogen) atoms. The van der Waals surface area contributed by atoms with E-state index in [1.807, 2.05) is 0 Å². The smallest absolute Gasteiger partial charge is 0.265 e. The number of aryl methyl sites for hydroxylation is 1. The van der Waals surface area contributed by atoms with Crippen LogP contribution in [0.2, 0.25) is 0 Å². The van der Waals surface area contributed by atoms with E-state index >= 15 is 0 Å². The van der Waals surface area contributed by atoms with Gasteiger partial charge in [-0.1, -0.05) is 0 Å². The van der Waals surface area contributed by atoms with Gasteiger partial charge in [-0.25, -0.2) is 0 Å². The molecule has 0 fully saturated rings. The second kappa shape index (κ2) is 4.74. The van der Waals surface area contributed by atoms with Crippen molar-refractivity contribution in [1.29, 1.82) is 0 Å². The summed E-state index contributed by atoms with van der Waals surface area (Å²) >= 11 is 3.11. The van der Waals surface area contributed by atoms with E-state index in [0.717, 1.165) is 5.56 Å². The molecule has 0 spiro atoms. The van der Waals surface area contributed by atoms with Gasteiger partial charge in [0.05, 0.1) is 4.47 Å². The van der Waals surface area contributed by atoms with Crippen LogP contribution in [-0.2, 0) is 9.59 Å². The Hall–Kier alpha value is -1.23. The first-order valence-electron chi connectivity index (χ1n) is 4.73. The van der Waals surface area contributed by atoms with Gasteiger partial charge in [0.15, 0.2) is 17.6 Å². The van der Waals surface area contributed by atoms with E-state index in [4.69, 9.17) is 0 Å². The van der Waals surface area contributed by atoms with Gasteiger partial charge in [-0.15, -0.1) is 0 Å². The molecule has 0 bridgehead atoms. The number of Topliss-reactive ketones (excluding diaryl/α,β-unsaturated/α-hetero) is 2. The van der Waals surface area contributed by atoms with E-state index in [0.29, 0.717) is 4.47 Å². The summed E-state index contributed by atoms with van der Waals surface area (Å²) in [5.74, 6) is -0.681. The van der Waals surface area contributed by atoms with E-state index in [1.165, 1.54) is 24.6 Å². The molecular weight excluding hydrogens is 274 g/mol. The van der Waals surface area contributed by atoms with Crippen LogP contribution in [0, 0.1) is 6.92 Å². The number of hydrogen-bond acceptors (Lipinski definition) is 3. The van der Waals surface area contributed by atoms with Gasteiger partial charge in [0, 0.05) is 6.20 Å². The molecule has 1 rings (SSSR count). The zero-order chi connectivity index (χ0) is 12.5. The maximum atomic E-state index is 11.8. The summed E-state index contributed by atoms with van der Waals surface area (Å²) in [6, 6.07) is 0.625. The van der Waals surface area contributed by atoms with Crippen molar-refractivity contribution in [3.8, 4) is 0 Å². The Balaban J connectivity index is 3.47. The van der Waals surface area contributed by atoms with Gasteiger partial charge < -0.3 is 0 Å². The maximum absolute atomic E-state index is 11.8. The Morgan fingerprint density at radius 3 is 2.25 bits per heavy atom. The number of carbonyl (C=O) groups excluding carboxylic acids is 2. The lowest BCUT2D eigenvalue weighted by atomic mass is 10.1. The molecule has 0 aliphatic rings. The second-order valence-corrected chi connectivity index (χ2v) is 4.56. The Bertz CT molecular complexity index is 490. The highest BCUT2D eigenvalue weighted by Gasteiger charge is 2.23. The molecule has 0 saturated heterocycles. The number of rotatable bonds is 3. The van der Waals surface area contributed by atoms with Gasteiger partial charge >= 0.3 is 0 Å². The van der Waals surface area contributed by atoms with E-state index < -0.39 is 6.04 Å². The van der Waals surface area contributed by atoms with Gasteiger partial charge in [0.25, 0.3) is 5.56 Å². The van der Waals surface area contributed by atoms with Crippen LogP contribution in [-0.4, -0.2) is 16.1 Å². The zero-order valence-electron chi connectivity index (χ0n) is 9.28. The Morgan fingerprint density at radius 1 is 1.31 bits per heavy atom. The molecule has 86 valence electrons. The van der Waals surface area contributed by atoms with Crippen LogP contribution in [0.15, 0.2) is 21.5 Å². The van der Waals surface area contributed by atoms with Crippen molar-refractivity contribution in [2.24, 2.45) is 0 Å². The first-order chi connectivity index (χ1) is 7.34. The van der Waals surface area contributed by atoms with Gasteiger partial charge in [-0.3, -0.25) is 19.0 Å². The summed E-state index contributed by atoms with van der Waals surface area (Å²) in [4.78, 5) is 34.5. The highest BCUT2D eigenvalue weighted by Crippen LogP contribution is 2.12. The number of carbonyl (C=O) groups is 2. The molecule has 4 nitrogen and oxygen atoms in total. The maximum Gasteiger partial charge on any atom is 0.265 e. The lowest BCUT2D eigenvalue weighted by molar-refractivity contribution is -0.129. The van der Waals surface area contributed by atoms with E-state index in [1.54, 1.807) is 13.0 Å². The molecule has 0 aliphatic carbocycles. The fraction of sp³-hybridized carbons (Fsp3) is 0.364. The quantitative estimate of drug-likeness (QED) is 0.794. The Morgan fingerprint density at radius 2 is 1.81 bits per heavy atom. The molecular formula is C11H12BrNO3. The Labute approximate surface area is 101 Å². The summed E-state index contributed by atoms with van der Waals surface area (Å²) in [5, 5.41) is 0. The third-order valence-electron chi connectivity index (χ3n) is 2.18. The summed E-state index contributed by atoms with van der Waals surface area (Å²) in [7, 11) is 0. The zero-order valence-corrected chi connectivity index (χ0v) is 10.9. The van der Waals surface area contributed by atoms with Crippen molar-refractivity contribution in [1.82, 2.24) is 4.57 Å². The molecule has 0 atom stereocenters. The minimum atomic E-state index is -1.02. The van der Waals surface area contributed by atoms with Crippen LogP contribution in [0.3, 0.4) is 0 Å². The van der Waals surface area contributed by atoms with E-state index in [9.17, 15) is 14.4 Å². The van der Waals surface area contributed by atoms with Crippen molar-refractivity contribution in [2.45, 2.75) is 26.8 Å². The fourth-order valence-corrected chi connectivity index (χ4v) is 2.14. The summed E-state index contributed by atoms with van der Waals surface area (Å²) in [5.41, 5.74) is 0.431. The van der Waals surface area contributed by atoms with E-state index in [2.05, 4.69) is 15.9 Å². The molecule has 0 unspecified atom stereocenters. The van der Waals surface area contributed by atoms with E-state index in [-0.39, 0.29) is 17.1 Å². The van der Waals surface area contributed by atoms with Crippen molar-refractivity contribution in [3.63, 3.8) is 0 Å². The monoisotopic (exact) mass is 285 g/mol. The molecule has 1 heterocycles. The summed E-state index contributed by atoms with van der Waals surface area (Å²) in [6.07, 6.45) is 1.51. The predicted octanol–water partition coefficient (Wildman–Crippen LogP) is 1.64. The molecule has 1 aromatic heterocycles. The van der Waals surface area contributed by atoms with Crippen LogP contribution in [0.1, 0.15) is 25.5 Å². The highest BCUT2D eigenvalue weighted by molar-refractivity contribution is 9.10. The average Bonchev–Trinajstić information content (AvgIpc) is 2.12. The predicted molar refractivity (Wildman–Crippen MR) is 63.5 cm³/mol. The highest BCUT2D eigenvalue weighted by atomic mass is 79.9. The number of pyridine rings is 1. The van der Waals surface area contributed by atoms with Crippen LogP contribution < -0.4 is 5.56 Å². The first-order valence-corrected chi connectivity index (χ1v) is 5.53.